The summed E-state index contributed by atoms with van der Waals surface area (Å²) in [4.78, 5) is 1.31. The molecule has 0 bridgehead atoms. The van der Waals surface area contributed by atoms with E-state index in [1.54, 1.807) is 11.8 Å². The summed E-state index contributed by atoms with van der Waals surface area (Å²) >= 11 is 5.25. The van der Waals surface area contributed by atoms with Crippen molar-refractivity contribution in [3.05, 3.63) is 64.1 Å². The minimum absolute atomic E-state index is 0.358. The average molecular weight is 336 g/mol. The molecule has 0 saturated carbocycles. The summed E-state index contributed by atoms with van der Waals surface area (Å²) in [5, 5.41) is 3.40. The quantitative estimate of drug-likeness (QED) is 0.796. The Morgan fingerprint density at radius 1 is 1.05 bits per heavy atom. The molecule has 2 aromatic carbocycles. The zero-order valence-electron chi connectivity index (χ0n) is 11.2. The monoisotopic (exact) mass is 335 g/mol. The van der Waals surface area contributed by atoms with Crippen LogP contribution in [0.1, 0.15) is 17.2 Å². The molecule has 0 fully saturated rings. The van der Waals surface area contributed by atoms with Crippen molar-refractivity contribution in [1.82, 2.24) is 5.32 Å². The maximum atomic E-state index is 3.47. The van der Waals surface area contributed by atoms with E-state index in [9.17, 15) is 0 Å². The highest BCUT2D eigenvalue weighted by Gasteiger charge is 2.09. The van der Waals surface area contributed by atoms with Crippen molar-refractivity contribution in [1.29, 1.82) is 0 Å². The Hall–Kier alpha value is -0.770. The van der Waals surface area contributed by atoms with Crippen LogP contribution in [0.4, 0.5) is 0 Å². The number of hydrogen-bond donors (Lipinski definition) is 1. The summed E-state index contributed by atoms with van der Waals surface area (Å²) in [6.45, 7) is 0. The van der Waals surface area contributed by atoms with Gasteiger partial charge in [-0.1, -0.05) is 40.2 Å². The SMILES string of the molecule is CNC(Cc1ccc(Br)cc1)c1ccc(SC)cc1. The highest BCUT2D eigenvalue weighted by molar-refractivity contribution is 9.10. The van der Waals surface area contributed by atoms with Crippen molar-refractivity contribution in [3.8, 4) is 0 Å². The highest BCUT2D eigenvalue weighted by atomic mass is 79.9. The number of nitrogens with one attached hydrogen (secondary N) is 1. The van der Waals surface area contributed by atoms with Gasteiger partial charge < -0.3 is 5.32 Å². The molecule has 1 unspecified atom stereocenters. The minimum Gasteiger partial charge on any atom is -0.313 e. The van der Waals surface area contributed by atoms with Crippen LogP contribution in [0.3, 0.4) is 0 Å². The maximum absolute atomic E-state index is 3.47. The molecule has 0 saturated heterocycles. The molecule has 1 atom stereocenters. The van der Waals surface area contributed by atoms with Gasteiger partial charge >= 0.3 is 0 Å². The third-order valence-electron chi connectivity index (χ3n) is 3.22. The Morgan fingerprint density at radius 2 is 1.68 bits per heavy atom. The normalized spacial score (nSPS) is 12.4. The van der Waals surface area contributed by atoms with Crippen LogP contribution in [0.2, 0.25) is 0 Å². The predicted octanol–water partition coefficient (Wildman–Crippen LogP) is 4.67. The van der Waals surface area contributed by atoms with Gasteiger partial charge in [0.25, 0.3) is 0 Å². The number of hydrogen-bond acceptors (Lipinski definition) is 2. The smallest absolute Gasteiger partial charge is 0.0358 e. The van der Waals surface area contributed by atoms with Crippen molar-refractivity contribution < 1.29 is 0 Å². The first kappa shape index (κ1) is 14.6. The first-order chi connectivity index (χ1) is 9.22. The van der Waals surface area contributed by atoms with Gasteiger partial charge in [0.05, 0.1) is 0 Å². The number of thioether (sulfide) groups is 1. The second-order valence-corrected chi connectivity index (χ2v) is 6.24. The maximum Gasteiger partial charge on any atom is 0.0358 e. The first-order valence-electron chi connectivity index (χ1n) is 6.28. The number of benzene rings is 2. The lowest BCUT2D eigenvalue weighted by atomic mass is 9.99. The summed E-state index contributed by atoms with van der Waals surface area (Å²) in [6.07, 6.45) is 3.11. The zero-order valence-corrected chi connectivity index (χ0v) is 13.6. The van der Waals surface area contributed by atoms with E-state index in [2.05, 4.69) is 76.0 Å². The van der Waals surface area contributed by atoms with E-state index < -0.39 is 0 Å². The molecule has 0 aliphatic heterocycles. The van der Waals surface area contributed by atoms with E-state index >= 15 is 0 Å². The van der Waals surface area contributed by atoms with Gasteiger partial charge in [-0.15, -0.1) is 11.8 Å². The lowest BCUT2D eigenvalue weighted by Crippen LogP contribution is -2.18. The van der Waals surface area contributed by atoms with Crippen LogP contribution in [0.25, 0.3) is 0 Å². The molecule has 1 nitrogen and oxygen atoms in total. The van der Waals surface area contributed by atoms with Crippen molar-refractivity contribution in [3.63, 3.8) is 0 Å². The molecule has 0 aliphatic carbocycles. The summed E-state index contributed by atoms with van der Waals surface area (Å²) in [5.74, 6) is 0. The van der Waals surface area contributed by atoms with Crippen molar-refractivity contribution in [2.24, 2.45) is 0 Å². The highest BCUT2D eigenvalue weighted by Crippen LogP contribution is 2.22. The molecule has 19 heavy (non-hydrogen) atoms. The third-order valence-corrected chi connectivity index (χ3v) is 4.49. The summed E-state index contributed by atoms with van der Waals surface area (Å²) in [7, 11) is 2.02. The van der Waals surface area contributed by atoms with Crippen molar-refractivity contribution >= 4 is 27.7 Å². The van der Waals surface area contributed by atoms with E-state index in [0.29, 0.717) is 6.04 Å². The standard InChI is InChI=1S/C16H18BrNS/c1-18-16(11-12-3-7-14(17)8-4-12)13-5-9-15(19-2)10-6-13/h3-10,16,18H,11H2,1-2H3. The number of rotatable bonds is 5. The van der Waals surface area contributed by atoms with Crippen LogP contribution < -0.4 is 5.32 Å². The van der Waals surface area contributed by atoms with E-state index in [-0.39, 0.29) is 0 Å². The van der Waals surface area contributed by atoms with Crippen molar-refractivity contribution in [2.45, 2.75) is 17.4 Å². The fraction of sp³-hybridized carbons (Fsp3) is 0.250. The Morgan fingerprint density at radius 3 is 2.21 bits per heavy atom. The van der Waals surface area contributed by atoms with Crippen LogP contribution >= 0.6 is 27.7 Å². The van der Waals surface area contributed by atoms with Gasteiger partial charge in [0, 0.05) is 15.4 Å². The number of likely N-dealkylation sites (N-methyl/N-ethyl adjacent to an activating group) is 1. The summed E-state index contributed by atoms with van der Waals surface area (Å²) in [5.41, 5.74) is 2.68. The zero-order chi connectivity index (χ0) is 13.7. The van der Waals surface area contributed by atoms with Gasteiger partial charge in [0.2, 0.25) is 0 Å². The molecule has 3 heteroatoms. The number of halogens is 1. The lowest BCUT2D eigenvalue weighted by molar-refractivity contribution is 0.591. The van der Waals surface area contributed by atoms with Crippen LogP contribution in [-0.2, 0) is 6.42 Å². The topological polar surface area (TPSA) is 12.0 Å². The van der Waals surface area contributed by atoms with E-state index in [4.69, 9.17) is 0 Å². The Bertz CT molecular complexity index is 507. The fourth-order valence-corrected chi connectivity index (χ4v) is 2.75. The molecule has 0 amide bonds. The van der Waals surface area contributed by atoms with Gasteiger partial charge in [-0.05, 0) is 55.1 Å². The van der Waals surface area contributed by atoms with Gasteiger partial charge in [0.1, 0.15) is 0 Å². The van der Waals surface area contributed by atoms with Gasteiger partial charge in [0.15, 0.2) is 0 Å². The second-order valence-electron chi connectivity index (χ2n) is 4.45. The third kappa shape index (κ3) is 4.10. The second kappa shape index (κ2) is 7.13. The molecule has 0 heterocycles. The van der Waals surface area contributed by atoms with Crippen molar-refractivity contribution in [2.75, 3.05) is 13.3 Å². The Labute approximate surface area is 127 Å². The van der Waals surface area contributed by atoms with E-state index in [1.165, 1.54) is 16.0 Å². The molecule has 0 radical (unpaired) electrons. The molecule has 0 aliphatic rings. The summed E-state index contributed by atoms with van der Waals surface area (Å²) in [6, 6.07) is 17.7. The first-order valence-corrected chi connectivity index (χ1v) is 8.30. The van der Waals surface area contributed by atoms with Gasteiger partial charge in [-0.2, -0.15) is 0 Å². The fourth-order valence-electron chi connectivity index (χ4n) is 2.08. The Kier molecular flexibility index (Phi) is 5.49. The predicted molar refractivity (Wildman–Crippen MR) is 87.9 cm³/mol. The van der Waals surface area contributed by atoms with Gasteiger partial charge in [-0.25, -0.2) is 0 Å². The van der Waals surface area contributed by atoms with Crippen LogP contribution in [0, 0.1) is 0 Å². The van der Waals surface area contributed by atoms with E-state index in [1.807, 2.05) is 7.05 Å². The van der Waals surface area contributed by atoms with Gasteiger partial charge in [-0.3, -0.25) is 0 Å². The molecule has 1 N–H and O–H groups in total. The molecule has 100 valence electrons. The molecule has 0 spiro atoms. The average Bonchev–Trinajstić information content (AvgIpc) is 2.47. The van der Waals surface area contributed by atoms with E-state index in [0.717, 1.165) is 10.9 Å². The largest absolute Gasteiger partial charge is 0.313 e. The lowest BCUT2D eigenvalue weighted by Gasteiger charge is -2.17. The molecule has 2 rings (SSSR count). The summed E-state index contributed by atoms with van der Waals surface area (Å²) < 4.78 is 1.13. The Balaban J connectivity index is 2.12. The molecular weight excluding hydrogens is 318 g/mol. The van der Waals surface area contributed by atoms with Crippen LogP contribution in [0.15, 0.2) is 57.9 Å². The van der Waals surface area contributed by atoms with Crippen LogP contribution in [-0.4, -0.2) is 13.3 Å². The minimum atomic E-state index is 0.358. The molecule has 0 aromatic heterocycles. The molecular formula is C16H18BrNS. The van der Waals surface area contributed by atoms with Crippen LogP contribution in [0.5, 0.6) is 0 Å². The molecule has 2 aromatic rings.